The molecule has 0 N–H and O–H groups in total. The number of aromatic nitrogens is 2. The maximum Gasteiger partial charge on any atom is 0.153 e. The number of nitrogens with zero attached hydrogens (tertiary/aromatic N) is 2. The molecule has 2 nitrogen and oxygen atoms in total. The number of benzene rings is 2. The number of fused-ring (bicyclic) bond motifs is 2. The van der Waals surface area contributed by atoms with Crippen LogP contribution in [0.25, 0.3) is 31.0 Å². The molecule has 0 unspecified atom stereocenters. The minimum atomic E-state index is 1.00. The lowest BCUT2D eigenvalue weighted by Crippen LogP contribution is -1.73. The summed E-state index contributed by atoms with van der Waals surface area (Å²) in [4.78, 5) is 8.90. The molecule has 2 heterocycles. The number of hydrogen-bond donors (Lipinski definition) is 0. The standard InChI is InChI=1S/C14H6N2S2/c1-2-4-9(5-3-1)14-16-11-7-12-10(15-8-17-12)6-13(11)18-14/h2-7H. The Morgan fingerprint density at radius 1 is 1.00 bits per heavy atom. The lowest BCUT2D eigenvalue weighted by atomic mass is 10.2. The zero-order chi connectivity index (χ0) is 11.9. The van der Waals surface area contributed by atoms with Crippen LogP contribution in [0, 0.1) is 11.6 Å². The molecule has 0 aliphatic rings. The van der Waals surface area contributed by atoms with Gasteiger partial charge in [0.25, 0.3) is 0 Å². The van der Waals surface area contributed by atoms with Crippen LogP contribution in [-0.2, 0) is 0 Å². The van der Waals surface area contributed by atoms with E-state index in [0.717, 1.165) is 26.3 Å². The maximum atomic E-state index is 4.68. The molecule has 0 aliphatic carbocycles. The summed E-state index contributed by atoms with van der Waals surface area (Å²) >= 11 is 3.23. The summed E-state index contributed by atoms with van der Waals surface area (Å²) in [6.45, 7) is 0. The van der Waals surface area contributed by atoms with E-state index in [9.17, 15) is 0 Å². The van der Waals surface area contributed by atoms with Crippen molar-refractivity contribution in [1.29, 1.82) is 0 Å². The minimum absolute atomic E-state index is 1.00. The quantitative estimate of drug-likeness (QED) is 0.516. The highest BCUT2D eigenvalue weighted by Gasteiger charge is 2.08. The Kier molecular flexibility index (Phi) is 2.18. The topological polar surface area (TPSA) is 25.8 Å². The van der Waals surface area contributed by atoms with E-state index in [4.69, 9.17) is 0 Å². The molecule has 4 rings (SSSR count). The van der Waals surface area contributed by atoms with Gasteiger partial charge in [-0.15, -0.1) is 22.7 Å². The lowest BCUT2D eigenvalue weighted by molar-refractivity contribution is 1.47. The van der Waals surface area contributed by atoms with E-state index in [1.807, 2.05) is 24.3 Å². The summed E-state index contributed by atoms with van der Waals surface area (Å²) < 4.78 is 2.31. The molecule has 0 saturated heterocycles. The van der Waals surface area contributed by atoms with Crippen molar-refractivity contribution in [3.63, 3.8) is 0 Å². The van der Waals surface area contributed by atoms with Crippen molar-refractivity contribution < 1.29 is 0 Å². The van der Waals surface area contributed by atoms with Crippen LogP contribution in [0.15, 0.2) is 36.4 Å². The molecule has 2 aromatic carbocycles. The van der Waals surface area contributed by atoms with Crippen molar-refractivity contribution in [1.82, 2.24) is 9.97 Å². The number of thiazole rings is 2. The number of hydrogen-bond acceptors (Lipinski definition) is 4. The van der Waals surface area contributed by atoms with E-state index >= 15 is 0 Å². The molecule has 0 fully saturated rings. The Morgan fingerprint density at radius 2 is 1.83 bits per heavy atom. The van der Waals surface area contributed by atoms with Crippen molar-refractivity contribution in [2.75, 3.05) is 0 Å². The second-order valence-corrected chi connectivity index (χ2v) is 5.76. The molecule has 4 heteroatoms. The van der Waals surface area contributed by atoms with Crippen LogP contribution < -0.4 is 0 Å². The van der Waals surface area contributed by atoms with E-state index in [0.29, 0.717) is 0 Å². The molecule has 2 aromatic heterocycles. The van der Waals surface area contributed by atoms with E-state index in [-0.39, 0.29) is 0 Å². The summed E-state index contributed by atoms with van der Waals surface area (Å²) in [5.74, 6) is 0. The minimum Gasteiger partial charge on any atom is -0.236 e. The van der Waals surface area contributed by atoms with Crippen LogP contribution in [-0.4, -0.2) is 9.97 Å². The summed E-state index contributed by atoms with van der Waals surface area (Å²) in [6, 6.07) is 15.1. The van der Waals surface area contributed by atoms with Gasteiger partial charge in [-0.25, -0.2) is 9.97 Å². The van der Waals surface area contributed by atoms with Crippen LogP contribution >= 0.6 is 22.7 Å². The fourth-order valence-corrected chi connectivity index (χ4v) is 3.50. The molecule has 0 aliphatic heterocycles. The molecule has 84 valence electrons. The van der Waals surface area contributed by atoms with Gasteiger partial charge in [-0.05, 0) is 18.2 Å². The van der Waals surface area contributed by atoms with Gasteiger partial charge in [-0.3, -0.25) is 0 Å². The van der Waals surface area contributed by atoms with Gasteiger partial charge in [0.1, 0.15) is 5.01 Å². The first kappa shape index (κ1) is 10.2. The van der Waals surface area contributed by atoms with Gasteiger partial charge in [0.15, 0.2) is 5.51 Å². The molecule has 0 saturated carbocycles. The molecule has 18 heavy (non-hydrogen) atoms. The first-order valence-electron chi connectivity index (χ1n) is 5.44. The van der Waals surface area contributed by atoms with E-state index in [2.05, 4.69) is 33.7 Å². The SMILES string of the molecule is [c]1ccc(-c2nc3cc4s[c]nc4cc3s2)cc1. The third kappa shape index (κ3) is 1.54. The second-order valence-electron chi connectivity index (χ2n) is 3.90. The number of rotatable bonds is 1. The molecule has 0 amide bonds. The third-order valence-corrected chi connectivity index (χ3v) is 4.55. The van der Waals surface area contributed by atoms with E-state index in [1.54, 1.807) is 11.3 Å². The van der Waals surface area contributed by atoms with Gasteiger partial charge in [-0.2, -0.15) is 0 Å². The Hall–Kier alpha value is -1.78. The lowest BCUT2D eigenvalue weighted by Gasteiger charge is -1.91. The van der Waals surface area contributed by atoms with Gasteiger partial charge in [0.2, 0.25) is 0 Å². The molecular weight excluding hydrogens is 260 g/mol. The van der Waals surface area contributed by atoms with Crippen LogP contribution in [0.3, 0.4) is 0 Å². The molecule has 0 bridgehead atoms. The fourth-order valence-electron chi connectivity index (χ4n) is 1.89. The van der Waals surface area contributed by atoms with Crippen molar-refractivity contribution in [2.45, 2.75) is 0 Å². The Labute approximate surface area is 112 Å². The van der Waals surface area contributed by atoms with Gasteiger partial charge < -0.3 is 0 Å². The molecule has 4 aromatic rings. The van der Waals surface area contributed by atoms with E-state index in [1.165, 1.54) is 16.0 Å². The molecular formula is C14H6N2S2. The summed E-state index contributed by atoms with van der Waals surface area (Å²) in [5.41, 5.74) is 6.09. The monoisotopic (exact) mass is 266 g/mol. The summed E-state index contributed by atoms with van der Waals surface area (Å²) in [6.07, 6.45) is 0. The zero-order valence-corrected chi connectivity index (χ0v) is 10.8. The predicted octanol–water partition coefficient (Wildman–Crippen LogP) is 4.17. The van der Waals surface area contributed by atoms with Crippen molar-refractivity contribution >= 4 is 43.1 Å². The molecule has 0 atom stereocenters. The van der Waals surface area contributed by atoms with Gasteiger partial charge >= 0.3 is 0 Å². The van der Waals surface area contributed by atoms with Gasteiger partial charge in [-0.1, -0.05) is 24.3 Å². The third-order valence-electron chi connectivity index (χ3n) is 2.76. The van der Waals surface area contributed by atoms with Crippen molar-refractivity contribution in [2.24, 2.45) is 0 Å². The maximum absolute atomic E-state index is 4.68. The van der Waals surface area contributed by atoms with Crippen LogP contribution in [0.5, 0.6) is 0 Å². The molecule has 0 spiro atoms. The summed E-state index contributed by atoms with van der Waals surface area (Å²) in [7, 11) is 0. The first-order chi connectivity index (χ1) is 8.90. The highest BCUT2D eigenvalue weighted by atomic mass is 32.1. The zero-order valence-electron chi connectivity index (χ0n) is 9.18. The second kappa shape index (κ2) is 3.86. The Bertz CT molecular complexity index is 783. The van der Waals surface area contributed by atoms with E-state index < -0.39 is 0 Å². The smallest absolute Gasteiger partial charge is 0.153 e. The average molecular weight is 266 g/mol. The Balaban J connectivity index is 1.98. The van der Waals surface area contributed by atoms with Crippen LogP contribution in [0.1, 0.15) is 0 Å². The first-order valence-corrected chi connectivity index (χ1v) is 7.07. The van der Waals surface area contributed by atoms with Crippen LogP contribution in [0.4, 0.5) is 0 Å². The van der Waals surface area contributed by atoms with Crippen molar-refractivity contribution in [3.05, 3.63) is 48.0 Å². The molecule has 2 radical (unpaired) electrons. The highest BCUT2D eigenvalue weighted by molar-refractivity contribution is 7.22. The summed E-state index contributed by atoms with van der Waals surface area (Å²) in [5, 5.41) is 1.04. The largest absolute Gasteiger partial charge is 0.236 e. The normalized spacial score (nSPS) is 11.3. The van der Waals surface area contributed by atoms with Crippen LogP contribution in [0.2, 0.25) is 0 Å². The fraction of sp³-hybridized carbons (Fsp3) is 0. The highest BCUT2D eigenvalue weighted by Crippen LogP contribution is 2.33. The van der Waals surface area contributed by atoms with Gasteiger partial charge in [0.05, 0.1) is 20.4 Å². The van der Waals surface area contributed by atoms with Gasteiger partial charge in [0, 0.05) is 5.56 Å². The Morgan fingerprint density at radius 3 is 2.72 bits per heavy atom. The van der Waals surface area contributed by atoms with Crippen molar-refractivity contribution in [3.8, 4) is 10.6 Å². The average Bonchev–Trinajstić information content (AvgIpc) is 3.01. The predicted molar refractivity (Wildman–Crippen MR) is 75.9 cm³/mol.